The molecular weight excluding hydrogens is 216 g/mol. The quantitative estimate of drug-likeness (QED) is 0.747. The van der Waals surface area contributed by atoms with Crippen molar-refractivity contribution in [3.8, 4) is 0 Å². The maximum Gasteiger partial charge on any atom is 0.0223 e. The summed E-state index contributed by atoms with van der Waals surface area (Å²) >= 11 is 1.98. The number of hydrogen-bond acceptors (Lipinski definition) is 3. The second-order valence-corrected chi connectivity index (χ2v) is 6.18. The van der Waals surface area contributed by atoms with Gasteiger partial charge in [0.25, 0.3) is 0 Å². The van der Waals surface area contributed by atoms with Crippen LogP contribution >= 0.6 is 11.8 Å². The molecule has 0 aliphatic carbocycles. The zero-order chi connectivity index (χ0) is 11.4. The Morgan fingerprint density at radius 3 is 2.88 bits per heavy atom. The van der Waals surface area contributed by atoms with Crippen molar-refractivity contribution in [3.05, 3.63) is 0 Å². The molecule has 0 aromatic heterocycles. The second-order valence-electron chi connectivity index (χ2n) is 5.19. The van der Waals surface area contributed by atoms with E-state index in [1.807, 2.05) is 11.8 Å². The minimum atomic E-state index is 0.821. The second kappa shape index (κ2) is 6.27. The summed E-state index contributed by atoms with van der Waals surface area (Å²) in [6.07, 6.45) is 7.85. The highest BCUT2D eigenvalue weighted by molar-refractivity contribution is 7.98. The monoisotopic (exact) mass is 242 g/mol. The molecule has 2 aliphatic rings. The van der Waals surface area contributed by atoms with E-state index < -0.39 is 0 Å². The summed E-state index contributed by atoms with van der Waals surface area (Å²) in [4.78, 5) is 5.51. The molecule has 0 saturated carbocycles. The van der Waals surface area contributed by atoms with Gasteiger partial charge in [0, 0.05) is 37.5 Å². The predicted molar refractivity (Wildman–Crippen MR) is 73.2 cm³/mol. The van der Waals surface area contributed by atoms with E-state index in [-0.39, 0.29) is 0 Å². The summed E-state index contributed by atoms with van der Waals surface area (Å²) in [6.45, 7) is 7.66. The van der Waals surface area contributed by atoms with Crippen LogP contribution in [0.2, 0.25) is 0 Å². The number of hydrogen-bond donors (Lipinski definition) is 0. The lowest BCUT2D eigenvalue weighted by Gasteiger charge is -2.48. The van der Waals surface area contributed by atoms with E-state index in [4.69, 9.17) is 0 Å². The average molecular weight is 242 g/mol. The molecule has 16 heavy (non-hydrogen) atoms. The summed E-state index contributed by atoms with van der Waals surface area (Å²) in [5.74, 6) is 1.29. The van der Waals surface area contributed by atoms with E-state index in [2.05, 4.69) is 23.0 Å². The van der Waals surface area contributed by atoms with Crippen LogP contribution in [0.3, 0.4) is 0 Å². The van der Waals surface area contributed by atoms with Crippen LogP contribution in [0.1, 0.15) is 32.6 Å². The lowest BCUT2D eigenvalue weighted by molar-refractivity contribution is 0.0111. The number of fused-ring (bicyclic) bond motifs is 1. The number of nitrogens with zero attached hydrogens (tertiary/aromatic N) is 2. The molecule has 2 aliphatic heterocycles. The Morgan fingerprint density at radius 1 is 1.25 bits per heavy atom. The van der Waals surface area contributed by atoms with Crippen LogP contribution in [0.25, 0.3) is 0 Å². The van der Waals surface area contributed by atoms with Crippen molar-refractivity contribution in [1.82, 2.24) is 9.80 Å². The van der Waals surface area contributed by atoms with Gasteiger partial charge < -0.3 is 0 Å². The normalized spacial score (nSPS) is 32.6. The van der Waals surface area contributed by atoms with Crippen LogP contribution in [-0.4, -0.2) is 60.1 Å². The predicted octanol–water partition coefficient (Wildman–Crippen LogP) is 2.30. The third-order valence-electron chi connectivity index (χ3n) is 4.21. The van der Waals surface area contributed by atoms with Crippen molar-refractivity contribution in [2.45, 2.75) is 44.7 Å². The Morgan fingerprint density at radius 2 is 2.12 bits per heavy atom. The van der Waals surface area contributed by atoms with Gasteiger partial charge in [-0.25, -0.2) is 0 Å². The minimum Gasteiger partial charge on any atom is -0.298 e. The van der Waals surface area contributed by atoms with Crippen LogP contribution in [0, 0.1) is 0 Å². The van der Waals surface area contributed by atoms with Crippen molar-refractivity contribution in [2.24, 2.45) is 0 Å². The maximum absolute atomic E-state index is 2.76. The molecule has 2 saturated heterocycles. The van der Waals surface area contributed by atoms with E-state index in [1.165, 1.54) is 57.6 Å². The van der Waals surface area contributed by atoms with Crippen molar-refractivity contribution < 1.29 is 0 Å². The summed E-state index contributed by atoms with van der Waals surface area (Å²) in [6, 6.07) is 1.69. The van der Waals surface area contributed by atoms with Gasteiger partial charge in [-0.05, 0) is 32.1 Å². The molecule has 2 unspecified atom stereocenters. The Hall–Kier alpha value is 0.270. The van der Waals surface area contributed by atoms with Gasteiger partial charge in [0.2, 0.25) is 0 Å². The first-order chi connectivity index (χ1) is 7.85. The molecule has 0 aromatic carbocycles. The fraction of sp³-hybridized carbons (Fsp3) is 1.00. The third-order valence-corrected chi connectivity index (χ3v) is 4.80. The molecule has 2 fully saturated rings. The fourth-order valence-corrected chi connectivity index (χ4v) is 3.60. The SMILES string of the molecule is CCC1CN2CCCCC2CN1CCSC. The highest BCUT2D eigenvalue weighted by atomic mass is 32.2. The minimum absolute atomic E-state index is 0.821. The number of rotatable bonds is 4. The lowest BCUT2D eigenvalue weighted by atomic mass is 9.96. The molecule has 2 atom stereocenters. The molecule has 3 heteroatoms. The Balaban J connectivity index is 1.91. The molecule has 0 radical (unpaired) electrons. The van der Waals surface area contributed by atoms with E-state index in [0.29, 0.717) is 0 Å². The Labute approximate surface area is 105 Å². The van der Waals surface area contributed by atoms with Crippen LogP contribution in [-0.2, 0) is 0 Å². The van der Waals surface area contributed by atoms with Gasteiger partial charge in [0.05, 0.1) is 0 Å². The molecule has 94 valence electrons. The number of piperazine rings is 1. The van der Waals surface area contributed by atoms with Gasteiger partial charge in [0.1, 0.15) is 0 Å². The van der Waals surface area contributed by atoms with Gasteiger partial charge in [-0.3, -0.25) is 9.80 Å². The molecule has 0 aromatic rings. The molecule has 0 N–H and O–H groups in total. The van der Waals surface area contributed by atoms with Gasteiger partial charge in [-0.2, -0.15) is 11.8 Å². The van der Waals surface area contributed by atoms with Gasteiger partial charge >= 0.3 is 0 Å². The van der Waals surface area contributed by atoms with Crippen molar-refractivity contribution in [3.63, 3.8) is 0 Å². The first-order valence-corrected chi connectivity index (χ1v) is 8.21. The molecule has 2 heterocycles. The smallest absolute Gasteiger partial charge is 0.0223 e. The standard InChI is InChI=1S/C13H26N2S/c1-3-12-10-14-7-5-4-6-13(14)11-15(12)8-9-16-2/h12-13H,3-11H2,1-2H3. The van der Waals surface area contributed by atoms with E-state index >= 15 is 0 Å². The molecule has 2 rings (SSSR count). The number of piperidine rings is 1. The summed E-state index contributed by atoms with van der Waals surface area (Å²) < 4.78 is 0. The lowest BCUT2D eigenvalue weighted by Crippen LogP contribution is -2.59. The molecule has 2 nitrogen and oxygen atoms in total. The summed E-state index contributed by atoms with van der Waals surface area (Å²) in [7, 11) is 0. The first-order valence-electron chi connectivity index (χ1n) is 6.82. The highest BCUT2D eigenvalue weighted by Gasteiger charge is 2.33. The molecule has 0 amide bonds. The summed E-state index contributed by atoms with van der Waals surface area (Å²) in [5, 5.41) is 0. The van der Waals surface area contributed by atoms with Gasteiger partial charge in [-0.1, -0.05) is 13.3 Å². The molecular formula is C13H26N2S. The topological polar surface area (TPSA) is 6.48 Å². The van der Waals surface area contributed by atoms with Crippen molar-refractivity contribution in [1.29, 1.82) is 0 Å². The molecule has 0 bridgehead atoms. The number of thioether (sulfide) groups is 1. The Kier molecular flexibility index (Phi) is 4.98. The summed E-state index contributed by atoms with van der Waals surface area (Å²) in [5.41, 5.74) is 0. The zero-order valence-corrected chi connectivity index (χ0v) is 11.6. The van der Waals surface area contributed by atoms with Gasteiger partial charge in [-0.15, -0.1) is 0 Å². The van der Waals surface area contributed by atoms with E-state index in [9.17, 15) is 0 Å². The average Bonchev–Trinajstić information content (AvgIpc) is 2.35. The van der Waals surface area contributed by atoms with Crippen molar-refractivity contribution in [2.75, 3.05) is 38.2 Å². The van der Waals surface area contributed by atoms with Crippen LogP contribution in [0.4, 0.5) is 0 Å². The first kappa shape index (κ1) is 12.7. The Bertz CT molecular complexity index is 210. The van der Waals surface area contributed by atoms with Crippen LogP contribution in [0.5, 0.6) is 0 Å². The zero-order valence-electron chi connectivity index (χ0n) is 10.8. The third kappa shape index (κ3) is 2.93. The van der Waals surface area contributed by atoms with Crippen LogP contribution in [0.15, 0.2) is 0 Å². The highest BCUT2D eigenvalue weighted by Crippen LogP contribution is 2.25. The fourth-order valence-electron chi connectivity index (χ4n) is 3.18. The largest absolute Gasteiger partial charge is 0.298 e. The van der Waals surface area contributed by atoms with E-state index in [1.54, 1.807) is 0 Å². The van der Waals surface area contributed by atoms with Crippen molar-refractivity contribution >= 4 is 11.8 Å². The molecule has 0 spiro atoms. The van der Waals surface area contributed by atoms with E-state index in [0.717, 1.165) is 12.1 Å². The van der Waals surface area contributed by atoms with Crippen LogP contribution < -0.4 is 0 Å². The maximum atomic E-state index is 2.76. The van der Waals surface area contributed by atoms with Gasteiger partial charge in [0.15, 0.2) is 0 Å².